The number of piperidine rings is 1. The average molecular weight is 459 g/mol. The van der Waals surface area contributed by atoms with Crippen molar-refractivity contribution in [2.24, 2.45) is 5.92 Å². The van der Waals surface area contributed by atoms with Crippen molar-refractivity contribution in [3.05, 3.63) is 65.9 Å². The monoisotopic (exact) mass is 458 g/mol. The number of rotatable bonds is 8. The minimum atomic E-state index is -1.16. The van der Waals surface area contributed by atoms with Gasteiger partial charge in [-0.25, -0.2) is 9.97 Å². The van der Waals surface area contributed by atoms with E-state index in [2.05, 4.69) is 35.2 Å². The lowest BCUT2D eigenvalue weighted by atomic mass is 9.90. The summed E-state index contributed by atoms with van der Waals surface area (Å²) in [6.45, 7) is 3.59. The molecule has 0 saturated carbocycles. The minimum absolute atomic E-state index is 0.259. The molecular formula is C27H30N4O3. The van der Waals surface area contributed by atoms with Crippen molar-refractivity contribution in [2.45, 2.75) is 38.2 Å². The Morgan fingerprint density at radius 3 is 2.38 bits per heavy atom. The highest BCUT2D eigenvalue weighted by molar-refractivity contribution is 5.85. The van der Waals surface area contributed by atoms with Gasteiger partial charge in [0.25, 0.3) is 0 Å². The quantitative estimate of drug-likeness (QED) is 0.466. The van der Waals surface area contributed by atoms with E-state index in [1.807, 2.05) is 30.3 Å². The fraction of sp³-hybridized carbons (Fsp3) is 0.407. The van der Waals surface area contributed by atoms with E-state index in [0.717, 1.165) is 37.9 Å². The van der Waals surface area contributed by atoms with Gasteiger partial charge in [-0.3, -0.25) is 4.79 Å². The maximum atomic E-state index is 12.9. The van der Waals surface area contributed by atoms with E-state index in [1.54, 1.807) is 14.0 Å². The van der Waals surface area contributed by atoms with Crippen molar-refractivity contribution in [2.75, 3.05) is 31.7 Å². The van der Waals surface area contributed by atoms with E-state index in [1.165, 1.54) is 5.56 Å². The zero-order chi connectivity index (χ0) is 23.9. The van der Waals surface area contributed by atoms with E-state index in [9.17, 15) is 10.1 Å². The molecule has 1 aromatic heterocycles. The molecule has 4 rings (SSSR count). The Balaban J connectivity index is 1.58. The summed E-state index contributed by atoms with van der Waals surface area (Å²) in [5.74, 6) is -0.604. The number of hydrogen-bond donors (Lipinski definition) is 0. The van der Waals surface area contributed by atoms with Gasteiger partial charge >= 0.3 is 5.97 Å². The average Bonchev–Trinajstić information content (AvgIpc) is 2.85. The molecule has 0 spiro atoms. The van der Waals surface area contributed by atoms with Crippen molar-refractivity contribution in [3.8, 4) is 6.07 Å². The third-order valence-electron chi connectivity index (χ3n) is 6.22. The molecule has 0 unspecified atom stereocenters. The fourth-order valence-electron chi connectivity index (χ4n) is 4.49. The number of benzene rings is 2. The fourth-order valence-corrected chi connectivity index (χ4v) is 4.49. The predicted molar refractivity (Wildman–Crippen MR) is 130 cm³/mol. The summed E-state index contributed by atoms with van der Waals surface area (Å²) in [6, 6.07) is 20.2. The highest BCUT2D eigenvalue weighted by atomic mass is 16.6. The number of ether oxygens (including phenoxy) is 2. The van der Waals surface area contributed by atoms with E-state index < -0.39 is 18.0 Å². The Morgan fingerprint density at radius 2 is 1.74 bits per heavy atom. The summed E-state index contributed by atoms with van der Waals surface area (Å²) in [4.78, 5) is 24.6. The van der Waals surface area contributed by atoms with Gasteiger partial charge in [-0.05, 0) is 49.8 Å². The van der Waals surface area contributed by atoms with E-state index in [-0.39, 0.29) is 6.61 Å². The molecule has 2 aromatic carbocycles. The van der Waals surface area contributed by atoms with Gasteiger partial charge < -0.3 is 14.4 Å². The Morgan fingerprint density at radius 1 is 1.09 bits per heavy atom. The van der Waals surface area contributed by atoms with Crippen LogP contribution in [0.3, 0.4) is 0 Å². The molecule has 0 N–H and O–H groups in total. The van der Waals surface area contributed by atoms with Gasteiger partial charge in [0.15, 0.2) is 11.7 Å². The van der Waals surface area contributed by atoms with Crippen LogP contribution in [0, 0.1) is 17.2 Å². The van der Waals surface area contributed by atoms with Crippen molar-refractivity contribution < 1.29 is 14.3 Å². The van der Waals surface area contributed by atoms with Crippen LogP contribution >= 0.6 is 0 Å². The molecule has 1 aliphatic heterocycles. The topological polar surface area (TPSA) is 88.3 Å². The van der Waals surface area contributed by atoms with Crippen LogP contribution in [0.1, 0.15) is 36.9 Å². The number of nitrogens with zero attached hydrogens (tertiary/aromatic N) is 4. The number of carbonyl (C=O) groups is 1. The molecule has 0 radical (unpaired) electrons. The summed E-state index contributed by atoms with van der Waals surface area (Å²) < 4.78 is 10.5. The maximum Gasteiger partial charge on any atom is 0.330 e. The van der Waals surface area contributed by atoms with Crippen LogP contribution in [0.15, 0.2) is 54.6 Å². The highest BCUT2D eigenvalue weighted by Crippen LogP contribution is 2.32. The third kappa shape index (κ3) is 5.52. The molecule has 1 saturated heterocycles. The number of para-hydroxylation sites is 2. The van der Waals surface area contributed by atoms with Gasteiger partial charge in [0, 0.05) is 20.2 Å². The molecule has 34 heavy (non-hydrogen) atoms. The lowest BCUT2D eigenvalue weighted by molar-refractivity contribution is -0.150. The van der Waals surface area contributed by atoms with Gasteiger partial charge in [0.2, 0.25) is 0 Å². The molecule has 7 heteroatoms. The second-order valence-corrected chi connectivity index (χ2v) is 8.81. The standard InChI is InChI=1S/C27H30N4O3/c1-19(18-33-2)34-27(32)22(17-28)25-26(30-24-11-7-6-10-23(24)29-25)31-14-12-21(13-15-31)16-20-8-4-3-5-9-20/h3-11,19,21-22H,12-16,18H2,1-2H3/t19-,22-/m1/s1. The van der Waals surface area contributed by atoms with Crippen LogP contribution in [0.2, 0.25) is 0 Å². The SMILES string of the molecule is COC[C@@H](C)OC(=O)[C@H](C#N)c1nc2ccccc2nc1N1CCC(Cc2ccccc2)CC1. The summed E-state index contributed by atoms with van der Waals surface area (Å²) in [6.07, 6.45) is 2.61. The first kappa shape index (κ1) is 23.7. The summed E-state index contributed by atoms with van der Waals surface area (Å²) in [5, 5.41) is 9.93. The minimum Gasteiger partial charge on any atom is -0.459 e. The number of anilines is 1. The molecule has 0 bridgehead atoms. The smallest absolute Gasteiger partial charge is 0.330 e. The van der Waals surface area contributed by atoms with Crippen molar-refractivity contribution in [1.29, 1.82) is 5.26 Å². The van der Waals surface area contributed by atoms with Crippen LogP contribution in [-0.2, 0) is 20.7 Å². The zero-order valence-corrected chi connectivity index (χ0v) is 19.7. The number of fused-ring (bicyclic) bond motifs is 1. The molecule has 1 fully saturated rings. The summed E-state index contributed by atoms with van der Waals surface area (Å²) in [7, 11) is 1.54. The first-order valence-electron chi connectivity index (χ1n) is 11.7. The predicted octanol–water partition coefficient (Wildman–Crippen LogP) is 4.27. The van der Waals surface area contributed by atoms with Gasteiger partial charge in [-0.15, -0.1) is 0 Å². The number of nitriles is 1. The Labute approximate surface area is 200 Å². The largest absolute Gasteiger partial charge is 0.459 e. The second-order valence-electron chi connectivity index (χ2n) is 8.81. The van der Waals surface area contributed by atoms with Crippen LogP contribution in [0.4, 0.5) is 5.82 Å². The Kier molecular flexibility index (Phi) is 7.71. The second kappa shape index (κ2) is 11.1. The number of hydrogen-bond acceptors (Lipinski definition) is 7. The van der Waals surface area contributed by atoms with E-state index in [4.69, 9.17) is 19.4 Å². The molecule has 3 aromatic rings. The lowest BCUT2D eigenvalue weighted by Gasteiger charge is -2.34. The molecule has 1 aliphatic rings. The third-order valence-corrected chi connectivity index (χ3v) is 6.22. The first-order chi connectivity index (χ1) is 16.6. The van der Waals surface area contributed by atoms with Gasteiger partial charge in [0.05, 0.1) is 23.7 Å². The first-order valence-corrected chi connectivity index (χ1v) is 11.7. The summed E-state index contributed by atoms with van der Waals surface area (Å²) >= 11 is 0. The number of methoxy groups -OCH3 is 1. The number of carbonyl (C=O) groups excluding carboxylic acids is 1. The molecule has 2 atom stereocenters. The van der Waals surface area contributed by atoms with E-state index >= 15 is 0 Å². The van der Waals surface area contributed by atoms with Crippen LogP contribution in [-0.4, -0.2) is 48.8 Å². The van der Waals surface area contributed by atoms with Crippen molar-refractivity contribution in [1.82, 2.24) is 9.97 Å². The van der Waals surface area contributed by atoms with Gasteiger partial charge in [0.1, 0.15) is 11.8 Å². The van der Waals surface area contributed by atoms with Crippen molar-refractivity contribution >= 4 is 22.8 Å². The molecular weight excluding hydrogens is 428 g/mol. The van der Waals surface area contributed by atoms with E-state index in [0.29, 0.717) is 22.9 Å². The Hall–Kier alpha value is -3.50. The highest BCUT2D eigenvalue weighted by Gasteiger charge is 2.32. The zero-order valence-electron chi connectivity index (χ0n) is 19.7. The Bertz CT molecular complexity index is 1150. The molecule has 0 amide bonds. The van der Waals surface area contributed by atoms with Crippen LogP contribution in [0.25, 0.3) is 11.0 Å². The van der Waals surface area contributed by atoms with Crippen LogP contribution in [0.5, 0.6) is 0 Å². The van der Waals surface area contributed by atoms with Gasteiger partial charge in [-0.2, -0.15) is 5.26 Å². The maximum absolute atomic E-state index is 12.9. The lowest BCUT2D eigenvalue weighted by Crippen LogP contribution is -2.36. The number of esters is 1. The number of aromatic nitrogens is 2. The summed E-state index contributed by atoms with van der Waals surface area (Å²) in [5.41, 5.74) is 3.10. The van der Waals surface area contributed by atoms with Crippen LogP contribution < -0.4 is 4.90 Å². The normalized spacial score (nSPS) is 16.1. The van der Waals surface area contributed by atoms with Gasteiger partial charge in [-0.1, -0.05) is 42.5 Å². The molecule has 176 valence electrons. The van der Waals surface area contributed by atoms with Crippen molar-refractivity contribution in [3.63, 3.8) is 0 Å². The molecule has 0 aliphatic carbocycles. The molecule has 2 heterocycles. The molecule has 7 nitrogen and oxygen atoms in total.